The van der Waals surface area contributed by atoms with Crippen molar-refractivity contribution in [3.05, 3.63) is 128 Å². The molecule has 222 valence electrons. The summed E-state index contributed by atoms with van der Waals surface area (Å²) < 4.78 is 25.0. The fourth-order valence-electron chi connectivity index (χ4n) is 4.77. The number of esters is 3. The van der Waals surface area contributed by atoms with Gasteiger partial charge in [0.25, 0.3) is 0 Å². The molecule has 44 heavy (non-hydrogen) atoms. The number of hydrogen-bond donors (Lipinski definition) is 1. The molecule has 0 bridgehead atoms. The molecule has 1 aliphatic heterocycles. The van der Waals surface area contributed by atoms with E-state index in [2.05, 4.69) is 9.97 Å². The lowest BCUT2D eigenvalue weighted by Crippen LogP contribution is -2.42. The maximum atomic E-state index is 13.4. The van der Waals surface area contributed by atoms with E-state index in [0.29, 0.717) is 15.9 Å². The number of aromatic nitrogens is 3. The molecule has 0 unspecified atom stereocenters. The number of thiazole rings is 1. The van der Waals surface area contributed by atoms with Gasteiger partial charge in [-0.3, -0.25) is 9.55 Å². The Hall–Kier alpha value is -4.98. The van der Waals surface area contributed by atoms with Crippen molar-refractivity contribution in [2.45, 2.75) is 24.5 Å². The average molecular weight is 630 g/mol. The zero-order valence-electron chi connectivity index (χ0n) is 22.7. The largest absolute Gasteiger partial charge is 0.459 e. The summed E-state index contributed by atoms with van der Waals surface area (Å²) in [6, 6.07) is 24.7. The van der Waals surface area contributed by atoms with Crippen molar-refractivity contribution in [3.8, 4) is 0 Å². The van der Waals surface area contributed by atoms with E-state index in [4.69, 9.17) is 31.2 Å². The number of aromatic amines is 1. The quantitative estimate of drug-likeness (QED) is 0.146. The zero-order valence-corrected chi connectivity index (χ0v) is 24.4. The van der Waals surface area contributed by atoms with Crippen LogP contribution in [0, 0.1) is 4.64 Å². The third-order valence-electron chi connectivity index (χ3n) is 6.86. The average Bonchev–Trinajstić information content (AvgIpc) is 3.67. The van der Waals surface area contributed by atoms with Crippen LogP contribution in [0.3, 0.4) is 0 Å². The number of carbonyl (C=O) groups excluding carboxylic acids is 3. The summed E-state index contributed by atoms with van der Waals surface area (Å²) in [5, 5.41) is 0. The second kappa shape index (κ2) is 12.7. The molecule has 3 heterocycles. The predicted octanol–water partition coefficient (Wildman–Crippen LogP) is 4.72. The second-order valence-electron chi connectivity index (χ2n) is 9.64. The van der Waals surface area contributed by atoms with E-state index in [1.54, 1.807) is 91.0 Å². The molecular formula is C31H23N3O8S2. The lowest BCUT2D eigenvalue weighted by molar-refractivity contribution is -0.0618. The minimum Gasteiger partial charge on any atom is -0.459 e. The normalized spacial score (nSPS) is 19.4. The number of nitrogens with zero attached hydrogens (tertiary/aromatic N) is 2. The number of ether oxygens (including phenoxy) is 4. The van der Waals surface area contributed by atoms with Crippen LogP contribution in [0.4, 0.5) is 0 Å². The van der Waals surface area contributed by atoms with Gasteiger partial charge in [-0.05, 0) is 36.4 Å². The standard InChI is InChI=1S/C31H23N3O8S2/c35-28(18-10-4-1-5-11-18)39-16-21-23(41-29(36)19-12-6-2-7-13-19)24(42-30(37)20-14-8-3-9-15-20)26(40-21)34-27-22(32-17-44-27)25(43)33-31(34)38/h1-15,17,21,23-24,26H,16H2,(H,33,38,43)/t21-,23-,24-,26-/m1/s1. The highest BCUT2D eigenvalue weighted by atomic mass is 32.1. The van der Waals surface area contributed by atoms with Crippen LogP contribution < -0.4 is 5.69 Å². The van der Waals surface area contributed by atoms with Gasteiger partial charge in [-0.2, -0.15) is 0 Å². The van der Waals surface area contributed by atoms with Crippen molar-refractivity contribution in [2.24, 2.45) is 0 Å². The summed E-state index contributed by atoms with van der Waals surface area (Å²) in [4.78, 5) is 60.0. The lowest BCUT2D eigenvalue weighted by Gasteiger charge is -2.25. The molecule has 0 aliphatic carbocycles. The Labute approximate surface area is 258 Å². The molecule has 6 rings (SSSR count). The van der Waals surface area contributed by atoms with Crippen LogP contribution in [0.2, 0.25) is 0 Å². The van der Waals surface area contributed by atoms with Gasteiger partial charge < -0.3 is 18.9 Å². The van der Waals surface area contributed by atoms with E-state index in [1.807, 2.05) is 0 Å². The number of hydrogen-bond acceptors (Lipinski definition) is 11. The van der Waals surface area contributed by atoms with Crippen LogP contribution in [0.1, 0.15) is 37.3 Å². The maximum absolute atomic E-state index is 13.4. The van der Waals surface area contributed by atoms with Crippen LogP contribution in [0.15, 0.2) is 101 Å². The monoisotopic (exact) mass is 629 g/mol. The van der Waals surface area contributed by atoms with Crippen LogP contribution in [0.5, 0.6) is 0 Å². The molecule has 11 nitrogen and oxygen atoms in total. The van der Waals surface area contributed by atoms with Gasteiger partial charge in [-0.1, -0.05) is 66.8 Å². The van der Waals surface area contributed by atoms with Gasteiger partial charge in [0.1, 0.15) is 27.7 Å². The van der Waals surface area contributed by atoms with E-state index >= 15 is 0 Å². The van der Waals surface area contributed by atoms with Crippen molar-refractivity contribution in [1.82, 2.24) is 14.5 Å². The van der Waals surface area contributed by atoms with Crippen molar-refractivity contribution in [2.75, 3.05) is 6.61 Å². The summed E-state index contributed by atoms with van der Waals surface area (Å²) in [5.74, 6) is -2.12. The molecular weight excluding hydrogens is 606 g/mol. The van der Waals surface area contributed by atoms with Crippen molar-refractivity contribution in [3.63, 3.8) is 0 Å². The van der Waals surface area contributed by atoms with Crippen LogP contribution in [-0.2, 0) is 18.9 Å². The molecule has 0 spiro atoms. The first-order chi connectivity index (χ1) is 21.4. The summed E-state index contributed by atoms with van der Waals surface area (Å²) in [5.41, 5.74) is 1.93. The Bertz CT molecular complexity index is 1930. The number of nitrogens with one attached hydrogen (secondary N) is 1. The van der Waals surface area contributed by atoms with Crippen molar-refractivity contribution >= 4 is 51.8 Å². The summed E-state index contributed by atoms with van der Waals surface area (Å²) >= 11 is 6.42. The summed E-state index contributed by atoms with van der Waals surface area (Å²) in [7, 11) is 0. The topological polar surface area (TPSA) is 139 Å². The predicted molar refractivity (Wildman–Crippen MR) is 161 cm³/mol. The van der Waals surface area contributed by atoms with Gasteiger partial charge in [-0.15, -0.1) is 11.3 Å². The van der Waals surface area contributed by atoms with Crippen LogP contribution in [-0.4, -0.2) is 57.4 Å². The Morgan fingerprint density at radius 3 is 1.91 bits per heavy atom. The zero-order chi connectivity index (χ0) is 30.6. The number of H-pyrrole nitrogens is 1. The van der Waals surface area contributed by atoms with Gasteiger partial charge in [0, 0.05) is 0 Å². The van der Waals surface area contributed by atoms with Gasteiger partial charge in [-0.25, -0.2) is 24.2 Å². The molecule has 3 aromatic carbocycles. The lowest BCUT2D eigenvalue weighted by atomic mass is 10.1. The van der Waals surface area contributed by atoms with Crippen molar-refractivity contribution < 1.29 is 33.3 Å². The van der Waals surface area contributed by atoms with Gasteiger partial charge >= 0.3 is 23.6 Å². The highest BCUT2D eigenvalue weighted by molar-refractivity contribution is 7.71. The molecule has 2 aromatic heterocycles. The molecule has 1 aliphatic rings. The van der Waals surface area contributed by atoms with Gasteiger partial charge in [0.05, 0.1) is 22.2 Å². The maximum Gasteiger partial charge on any atom is 0.338 e. The molecule has 0 saturated carbocycles. The van der Waals surface area contributed by atoms with E-state index < -0.39 is 48.1 Å². The highest BCUT2D eigenvalue weighted by Crippen LogP contribution is 2.36. The Kier molecular flexibility index (Phi) is 8.41. The molecule has 0 amide bonds. The summed E-state index contributed by atoms with van der Waals surface area (Å²) in [6.45, 7) is -0.389. The fraction of sp³-hybridized carbons (Fsp3) is 0.161. The first-order valence-electron chi connectivity index (χ1n) is 13.4. The van der Waals surface area contributed by atoms with Crippen LogP contribution in [0.25, 0.3) is 10.3 Å². The van der Waals surface area contributed by atoms with Crippen molar-refractivity contribution in [1.29, 1.82) is 0 Å². The molecule has 0 radical (unpaired) electrons. The first-order valence-corrected chi connectivity index (χ1v) is 14.7. The first kappa shape index (κ1) is 29.1. The van der Waals surface area contributed by atoms with Gasteiger partial charge in [0.2, 0.25) is 0 Å². The number of benzene rings is 3. The smallest absolute Gasteiger partial charge is 0.338 e. The van der Waals surface area contributed by atoms with Gasteiger partial charge in [0.15, 0.2) is 18.4 Å². The SMILES string of the molecule is O=C(OC[C@H]1O[C@@H](n2c(=O)[nH]c(=S)c3ncsc32)[C@H](OC(=O)c2ccccc2)[C@@H]1OC(=O)c1ccccc1)c1ccccc1. The molecule has 4 atom stereocenters. The number of rotatable bonds is 8. The van der Waals surface area contributed by atoms with E-state index in [9.17, 15) is 19.2 Å². The Morgan fingerprint density at radius 2 is 1.34 bits per heavy atom. The summed E-state index contributed by atoms with van der Waals surface area (Å²) in [6.07, 6.45) is -5.13. The highest BCUT2D eigenvalue weighted by Gasteiger charge is 2.52. The molecule has 1 N–H and O–H groups in total. The van der Waals surface area contributed by atoms with E-state index in [-0.39, 0.29) is 22.4 Å². The fourth-order valence-corrected chi connectivity index (χ4v) is 5.90. The Morgan fingerprint density at radius 1 is 0.818 bits per heavy atom. The second-order valence-corrected chi connectivity index (χ2v) is 10.9. The minimum absolute atomic E-state index is 0.124. The Balaban J connectivity index is 1.41. The molecule has 1 fully saturated rings. The molecule has 1 saturated heterocycles. The third-order valence-corrected chi connectivity index (χ3v) is 7.97. The van der Waals surface area contributed by atoms with Crippen LogP contribution >= 0.6 is 23.6 Å². The molecule has 5 aromatic rings. The molecule has 13 heteroatoms. The van der Waals surface area contributed by atoms with E-state index in [1.165, 1.54) is 10.1 Å². The number of carbonyl (C=O) groups is 3. The third kappa shape index (κ3) is 5.93. The number of fused-ring (bicyclic) bond motifs is 1. The minimum atomic E-state index is -1.36. The van der Waals surface area contributed by atoms with E-state index in [0.717, 1.165) is 11.3 Å².